The molecule has 29 heavy (non-hydrogen) atoms. The van der Waals surface area contributed by atoms with Crippen LogP contribution in [0, 0.1) is 20.8 Å². The Morgan fingerprint density at radius 1 is 0.897 bits per heavy atom. The molecule has 0 unspecified atom stereocenters. The Balaban J connectivity index is 1.52. The average Bonchev–Trinajstić information content (AvgIpc) is 2.71. The van der Waals surface area contributed by atoms with Crippen LogP contribution >= 0.6 is 0 Å². The Morgan fingerprint density at radius 3 is 2.45 bits per heavy atom. The summed E-state index contributed by atoms with van der Waals surface area (Å²) in [5.74, 6) is 1.06. The summed E-state index contributed by atoms with van der Waals surface area (Å²) < 4.78 is 0. The maximum Gasteiger partial charge on any atom is 0.323 e. The normalized spacial score (nSPS) is 14.1. The molecule has 3 aromatic rings. The lowest BCUT2D eigenvalue weighted by molar-refractivity contribution is 0.262. The molecule has 0 spiro atoms. The fraction of sp³-hybridized carbons (Fsp3) is 0.333. The molecule has 2 amide bonds. The van der Waals surface area contributed by atoms with Crippen LogP contribution in [0.5, 0.6) is 0 Å². The summed E-state index contributed by atoms with van der Waals surface area (Å²) in [4.78, 5) is 19.7. The quantitative estimate of drug-likeness (QED) is 0.597. The Kier molecular flexibility index (Phi) is 5.38. The number of benzene rings is 2. The molecule has 2 N–H and O–H groups in total. The number of nitrogens with zero attached hydrogens (tertiary/aromatic N) is 2. The summed E-state index contributed by atoms with van der Waals surface area (Å²) in [5.41, 5.74) is 5.94. The second-order valence-electron chi connectivity index (χ2n) is 7.97. The molecule has 2 heterocycles. The van der Waals surface area contributed by atoms with E-state index in [1.165, 1.54) is 30.4 Å². The summed E-state index contributed by atoms with van der Waals surface area (Å²) in [5, 5.41) is 6.93. The van der Waals surface area contributed by atoms with Crippen LogP contribution in [0.25, 0.3) is 10.9 Å². The van der Waals surface area contributed by atoms with Crippen LogP contribution in [0.1, 0.15) is 36.0 Å². The Bertz CT molecular complexity index is 1050. The second-order valence-corrected chi connectivity index (χ2v) is 7.97. The average molecular weight is 389 g/mol. The number of hydrogen-bond donors (Lipinski definition) is 2. The van der Waals surface area contributed by atoms with Crippen molar-refractivity contribution < 1.29 is 4.79 Å². The van der Waals surface area contributed by atoms with E-state index in [0.29, 0.717) is 0 Å². The number of fused-ring (bicyclic) bond motifs is 1. The number of hydrogen-bond acceptors (Lipinski definition) is 3. The second kappa shape index (κ2) is 8.11. The first-order valence-corrected chi connectivity index (χ1v) is 10.3. The van der Waals surface area contributed by atoms with Gasteiger partial charge in [0.05, 0.1) is 5.52 Å². The van der Waals surface area contributed by atoms with Gasteiger partial charge in [-0.25, -0.2) is 9.78 Å². The number of piperidine rings is 1. The summed E-state index contributed by atoms with van der Waals surface area (Å²) in [6, 6.07) is 13.8. The van der Waals surface area contributed by atoms with Crippen LogP contribution < -0.4 is 15.5 Å². The van der Waals surface area contributed by atoms with E-state index in [9.17, 15) is 4.79 Å². The first-order valence-electron chi connectivity index (χ1n) is 10.3. The third kappa shape index (κ3) is 4.34. The van der Waals surface area contributed by atoms with Gasteiger partial charge in [0.25, 0.3) is 0 Å². The molecule has 5 heteroatoms. The van der Waals surface area contributed by atoms with Gasteiger partial charge in [-0.05, 0) is 81.5 Å². The van der Waals surface area contributed by atoms with Gasteiger partial charge in [-0.2, -0.15) is 0 Å². The molecule has 0 aliphatic carbocycles. The predicted octanol–water partition coefficient (Wildman–Crippen LogP) is 5.79. The predicted molar refractivity (Wildman–Crippen MR) is 121 cm³/mol. The lowest BCUT2D eigenvalue weighted by atomic mass is 10.1. The van der Waals surface area contributed by atoms with E-state index in [1.54, 1.807) is 0 Å². The molecule has 1 aromatic heterocycles. The number of amides is 2. The summed E-state index contributed by atoms with van der Waals surface area (Å²) in [7, 11) is 0. The van der Waals surface area contributed by atoms with Gasteiger partial charge in [-0.1, -0.05) is 17.7 Å². The van der Waals surface area contributed by atoms with Crippen molar-refractivity contribution in [3.63, 3.8) is 0 Å². The zero-order chi connectivity index (χ0) is 20.4. The van der Waals surface area contributed by atoms with Crippen molar-refractivity contribution in [2.75, 3.05) is 28.6 Å². The maximum atomic E-state index is 12.5. The van der Waals surface area contributed by atoms with E-state index < -0.39 is 0 Å². The van der Waals surface area contributed by atoms with Crippen molar-refractivity contribution in [3.8, 4) is 0 Å². The standard InChI is InChI=1S/C24H28N4O/c1-16-7-9-21(18(3)13-16)27-24(29)25-19-8-10-22-20(15-19)17(2)14-23(26-22)28-11-5-4-6-12-28/h7-10,13-15H,4-6,11-12H2,1-3H3,(H2,25,27,29). The number of anilines is 3. The molecule has 1 saturated heterocycles. The molecule has 1 fully saturated rings. The maximum absolute atomic E-state index is 12.5. The number of pyridine rings is 1. The van der Waals surface area contributed by atoms with E-state index in [2.05, 4.69) is 34.6 Å². The molecule has 0 bridgehead atoms. The van der Waals surface area contributed by atoms with Crippen LogP contribution in [0.15, 0.2) is 42.5 Å². The van der Waals surface area contributed by atoms with Crippen LogP contribution in [0.2, 0.25) is 0 Å². The smallest absolute Gasteiger partial charge is 0.323 e. The number of urea groups is 1. The highest BCUT2D eigenvalue weighted by Gasteiger charge is 2.14. The van der Waals surface area contributed by atoms with E-state index in [0.717, 1.165) is 46.7 Å². The van der Waals surface area contributed by atoms with Gasteiger partial charge in [-0.3, -0.25) is 0 Å². The molecular formula is C24H28N4O. The van der Waals surface area contributed by atoms with Crippen molar-refractivity contribution in [1.29, 1.82) is 0 Å². The number of rotatable bonds is 3. The van der Waals surface area contributed by atoms with Gasteiger partial charge in [0.15, 0.2) is 0 Å². The molecule has 2 aromatic carbocycles. The molecular weight excluding hydrogens is 360 g/mol. The van der Waals surface area contributed by atoms with Crippen LogP contribution in [0.3, 0.4) is 0 Å². The third-order valence-corrected chi connectivity index (χ3v) is 5.57. The zero-order valence-corrected chi connectivity index (χ0v) is 17.4. The van der Waals surface area contributed by atoms with Gasteiger partial charge >= 0.3 is 6.03 Å². The largest absolute Gasteiger partial charge is 0.357 e. The molecule has 150 valence electrons. The Labute approximate surface area is 172 Å². The number of nitrogens with one attached hydrogen (secondary N) is 2. The first-order chi connectivity index (χ1) is 14.0. The summed E-state index contributed by atoms with van der Waals surface area (Å²) in [6.07, 6.45) is 3.77. The minimum Gasteiger partial charge on any atom is -0.357 e. The van der Waals surface area contributed by atoms with Gasteiger partial charge in [0, 0.05) is 29.9 Å². The minimum absolute atomic E-state index is 0.244. The fourth-order valence-electron chi connectivity index (χ4n) is 3.98. The summed E-state index contributed by atoms with van der Waals surface area (Å²) in [6.45, 7) is 8.30. The highest BCUT2D eigenvalue weighted by molar-refractivity contribution is 6.01. The number of aromatic nitrogens is 1. The lowest BCUT2D eigenvalue weighted by Crippen LogP contribution is -2.30. The Hall–Kier alpha value is -3.08. The molecule has 0 radical (unpaired) electrons. The van der Waals surface area contributed by atoms with Crippen LogP contribution in [-0.2, 0) is 0 Å². The lowest BCUT2D eigenvalue weighted by Gasteiger charge is -2.28. The summed E-state index contributed by atoms with van der Waals surface area (Å²) >= 11 is 0. The van der Waals surface area contributed by atoms with Crippen molar-refractivity contribution in [2.24, 2.45) is 0 Å². The number of aryl methyl sites for hydroxylation is 3. The monoisotopic (exact) mass is 388 g/mol. The van der Waals surface area contributed by atoms with Gasteiger partial charge in [0.1, 0.15) is 5.82 Å². The number of carbonyl (C=O) groups excluding carboxylic acids is 1. The Morgan fingerprint density at radius 2 is 1.69 bits per heavy atom. The van der Waals surface area contributed by atoms with Crippen molar-refractivity contribution >= 4 is 34.1 Å². The fourth-order valence-corrected chi connectivity index (χ4v) is 3.98. The first kappa shape index (κ1) is 19.2. The highest BCUT2D eigenvalue weighted by Crippen LogP contribution is 2.27. The minimum atomic E-state index is -0.244. The van der Waals surface area contributed by atoms with E-state index in [1.807, 2.05) is 44.2 Å². The molecule has 1 aliphatic rings. The SMILES string of the molecule is Cc1ccc(NC(=O)Nc2ccc3nc(N4CCCCC4)cc(C)c3c2)c(C)c1. The molecule has 0 saturated carbocycles. The topological polar surface area (TPSA) is 57.3 Å². The van der Waals surface area contributed by atoms with E-state index in [-0.39, 0.29) is 6.03 Å². The van der Waals surface area contributed by atoms with E-state index >= 15 is 0 Å². The van der Waals surface area contributed by atoms with Crippen molar-refractivity contribution in [3.05, 3.63) is 59.2 Å². The van der Waals surface area contributed by atoms with Gasteiger partial charge in [0.2, 0.25) is 0 Å². The molecule has 0 atom stereocenters. The van der Waals surface area contributed by atoms with Crippen molar-refractivity contribution in [2.45, 2.75) is 40.0 Å². The zero-order valence-electron chi connectivity index (χ0n) is 17.4. The molecule has 1 aliphatic heterocycles. The molecule has 4 rings (SSSR count). The van der Waals surface area contributed by atoms with Gasteiger partial charge in [-0.15, -0.1) is 0 Å². The highest BCUT2D eigenvalue weighted by atomic mass is 16.2. The van der Waals surface area contributed by atoms with Crippen molar-refractivity contribution in [1.82, 2.24) is 4.98 Å². The molecule has 5 nitrogen and oxygen atoms in total. The third-order valence-electron chi connectivity index (χ3n) is 5.57. The van der Waals surface area contributed by atoms with Crippen LogP contribution in [-0.4, -0.2) is 24.1 Å². The van der Waals surface area contributed by atoms with E-state index in [4.69, 9.17) is 4.98 Å². The number of carbonyl (C=O) groups is 1. The van der Waals surface area contributed by atoms with Crippen LogP contribution in [0.4, 0.5) is 22.0 Å². The van der Waals surface area contributed by atoms with Gasteiger partial charge < -0.3 is 15.5 Å².